The Balaban J connectivity index is 2.33. The van der Waals surface area contributed by atoms with E-state index < -0.39 is 5.60 Å². The molecule has 1 amide bonds. The fourth-order valence-corrected chi connectivity index (χ4v) is 2.00. The molecule has 1 saturated heterocycles. The molecule has 0 spiro atoms. The predicted octanol–water partition coefficient (Wildman–Crippen LogP) is -0.169. The summed E-state index contributed by atoms with van der Waals surface area (Å²) in [5.41, 5.74) is -0.657. The summed E-state index contributed by atoms with van der Waals surface area (Å²) in [4.78, 5) is 15.4. The van der Waals surface area contributed by atoms with Gasteiger partial charge in [-0.05, 0) is 13.8 Å². The SMILES string of the molecule is CC(C)(O)CN1CCN(C(=O)CS)CC1. The summed E-state index contributed by atoms with van der Waals surface area (Å²) in [7, 11) is 0. The first-order chi connectivity index (χ1) is 6.92. The van der Waals surface area contributed by atoms with Gasteiger partial charge in [0, 0.05) is 32.7 Å². The van der Waals surface area contributed by atoms with Crippen LogP contribution in [0.4, 0.5) is 0 Å². The Bertz CT molecular complexity index is 220. The number of hydrogen-bond acceptors (Lipinski definition) is 4. The predicted molar refractivity (Wildman–Crippen MR) is 63.2 cm³/mol. The maximum absolute atomic E-state index is 11.3. The van der Waals surface area contributed by atoms with Gasteiger partial charge in [-0.15, -0.1) is 0 Å². The van der Waals surface area contributed by atoms with Gasteiger partial charge in [0.05, 0.1) is 11.4 Å². The largest absolute Gasteiger partial charge is 0.389 e. The van der Waals surface area contributed by atoms with Crippen LogP contribution < -0.4 is 0 Å². The molecule has 0 bridgehead atoms. The van der Waals surface area contributed by atoms with Crippen molar-refractivity contribution in [1.82, 2.24) is 9.80 Å². The number of carbonyl (C=O) groups excluding carboxylic acids is 1. The smallest absolute Gasteiger partial charge is 0.232 e. The van der Waals surface area contributed by atoms with Gasteiger partial charge < -0.3 is 10.0 Å². The van der Waals surface area contributed by atoms with Gasteiger partial charge in [0.2, 0.25) is 5.91 Å². The normalized spacial score (nSPS) is 19.3. The van der Waals surface area contributed by atoms with E-state index in [1.807, 2.05) is 4.90 Å². The lowest BCUT2D eigenvalue weighted by molar-refractivity contribution is -0.130. The van der Waals surface area contributed by atoms with Crippen LogP contribution in [0.1, 0.15) is 13.8 Å². The monoisotopic (exact) mass is 232 g/mol. The van der Waals surface area contributed by atoms with Gasteiger partial charge >= 0.3 is 0 Å². The van der Waals surface area contributed by atoms with Crippen LogP contribution in [-0.2, 0) is 4.79 Å². The van der Waals surface area contributed by atoms with Gasteiger partial charge in [-0.3, -0.25) is 9.69 Å². The maximum Gasteiger partial charge on any atom is 0.232 e. The molecule has 1 rings (SSSR count). The van der Waals surface area contributed by atoms with Crippen LogP contribution in [0.5, 0.6) is 0 Å². The highest BCUT2D eigenvalue weighted by Gasteiger charge is 2.24. The van der Waals surface area contributed by atoms with E-state index in [-0.39, 0.29) is 11.7 Å². The zero-order chi connectivity index (χ0) is 11.5. The number of piperazine rings is 1. The molecule has 1 aliphatic heterocycles. The van der Waals surface area contributed by atoms with E-state index in [0.29, 0.717) is 6.54 Å². The van der Waals surface area contributed by atoms with Crippen LogP contribution in [-0.4, -0.2) is 64.9 Å². The van der Waals surface area contributed by atoms with Crippen LogP contribution in [0.3, 0.4) is 0 Å². The molecule has 1 fully saturated rings. The summed E-state index contributed by atoms with van der Waals surface area (Å²) in [6.07, 6.45) is 0. The van der Waals surface area contributed by atoms with Crippen LogP contribution >= 0.6 is 12.6 Å². The number of carbonyl (C=O) groups is 1. The van der Waals surface area contributed by atoms with E-state index in [2.05, 4.69) is 17.5 Å². The molecule has 5 heteroatoms. The second-order valence-electron chi connectivity index (χ2n) is 4.63. The van der Waals surface area contributed by atoms with Gasteiger partial charge in [0.25, 0.3) is 0 Å². The number of amides is 1. The standard InChI is InChI=1S/C10H20N2O2S/c1-10(2,14)8-11-3-5-12(6-4-11)9(13)7-15/h14-15H,3-8H2,1-2H3. The Hall–Kier alpha value is -0.260. The number of β-amino-alcohol motifs (C(OH)–C–C–N with tert-alkyl or cyclic N) is 1. The molecule has 1 heterocycles. The summed E-state index contributed by atoms with van der Waals surface area (Å²) in [5.74, 6) is 0.382. The van der Waals surface area contributed by atoms with Crippen molar-refractivity contribution in [3.63, 3.8) is 0 Å². The third-order valence-corrected chi connectivity index (χ3v) is 2.74. The Kier molecular flexibility index (Phi) is 4.43. The summed E-state index contributed by atoms with van der Waals surface area (Å²) in [5, 5.41) is 9.66. The number of thiol groups is 1. The minimum atomic E-state index is -0.657. The molecule has 0 aromatic rings. The van der Waals surface area contributed by atoms with Crippen molar-refractivity contribution in [2.45, 2.75) is 19.4 Å². The zero-order valence-electron chi connectivity index (χ0n) is 9.44. The fraction of sp³-hybridized carbons (Fsp3) is 0.900. The zero-order valence-corrected chi connectivity index (χ0v) is 10.3. The van der Waals surface area contributed by atoms with E-state index in [1.54, 1.807) is 13.8 Å². The van der Waals surface area contributed by atoms with Crippen molar-refractivity contribution in [2.75, 3.05) is 38.5 Å². The number of nitrogens with zero attached hydrogens (tertiary/aromatic N) is 2. The van der Waals surface area contributed by atoms with Crippen molar-refractivity contribution < 1.29 is 9.90 Å². The van der Waals surface area contributed by atoms with Crippen molar-refractivity contribution >= 4 is 18.5 Å². The molecule has 15 heavy (non-hydrogen) atoms. The third kappa shape index (κ3) is 4.40. The second-order valence-corrected chi connectivity index (χ2v) is 4.94. The van der Waals surface area contributed by atoms with E-state index in [0.717, 1.165) is 26.2 Å². The highest BCUT2D eigenvalue weighted by Crippen LogP contribution is 2.08. The third-order valence-electron chi connectivity index (χ3n) is 2.47. The Morgan fingerprint density at radius 2 is 1.87 bits per heavy atom. The van der Waals surface area contributed by atoms with E-state index >= 15 is 0 Å². The lowest BCUT2D eigenvalue weighted by Crippen LogP contribution is -2.52. The van der Waals surface area contributed by atoms with E-state index in [4.69, 9.17) is 0 Å². The first-order valence-electron chi connectivity index (χ1n) is 5.26. The summed E-state index contributed by atoms with van der Waals surface area (Å²) < 4.78 is 0. The molecular weight excluding hydrogens is 212 g/mol. The Morgan fingerprint density at radius 1 is 1.33 bits per heavy atom. The minimum absolute atomic E-state index is 0.0984. The minimum Gasteiger partial charge on any atom is -0.389 e. The van der Waals surface area contributed by atoms with Gasteiger partial charge in [-0.25, -0.2) is 0 Å². The van der Waals surface area contributed by atoms with E-state index in [1.165, 1.54) is 0 Å². The highest BCUT2D eigenvalue weighted by molar-refractivity contribution is 7.81. The van der Waals surface area contributed by atoms with Gasteiger partial charge in [0.1, 0.15) is 0 Å². The number of hydrogen-bond donors (Lipinski definition) is 2. The summed E-state index contributed by atoms with van der Waals surface area (Å²) in [6.45, 7) is 7.43. The molecule has 0 aromatic carbocycles. The molecule has 1 N–H and O–H groups in total. The van der Waals surface area contributed by atoms with Crippen LogP contribution in [0.15, 0.2) is 0 Å². The molecule has 88 valence electrons. The molecule has 0 aliphatic carbocycles. The molecule has 0 radical (unpaired) electrons. The van der Waals surface area contributed by atoms with Crippen molar-refractivity contribution in [3.05, 3.63) is 0 Å². The first kappa shape index (κ1) is 12.8. The molecule has 0 saturated carbocycles. The van der Waals surface area contributed by atoms with E-state index in [9.17, 15) is 9.90 Å². The molecular formula is C10H20N2O2S. The number of aliphatic hydroxyl groups is 1. The lowest BCUT2D eigenvalue weighted by Gasteiger charge is -2.37. The molecule has 0 atom stereocenters. The Morgan fingerprint density at radius 3 is 2.27 bits per heavy atom. The van der Waals surface area contributed by atoms with Crippen LogP contribution in [0.25, 0.3) is 0 Å². The second kappa shape index (κ2) is 5.18. The molecule has 0 aromatic heterocycles. The van der Waals surface area contributed by atoms with Gasteiger partial charge in [-0.1, -0.05) is 0 Å². The summed E-state index contributed by atoms with van der Waals surface area (Å²) >= 11 is 3.97. The van der Waals surface area contributed by atoms with Crippen molar-refractivity contribution in [3.8, 4) is 0 Å². The maximum atomic E-state index is 11.3. The van der Waals surface area contributed by atoms with Gasteiger partial charge in [0.15, 0.2) is 0 Å². The van der Waals surface area contributed by atoms with Crippen molar-refractivity contribution in [1.29, 1.82) is 0 Å². The molecule has 4 nitrogen and oxygen atoms in total. The topological polar surface area (TPSA) is 43.8 Å². The first-order valence-corrected chi connectivity index (χ1v) is 5.89. The number of rotatable bonds is 3. The highest BCUT2D eigenvalue weighted by atomic mass is 32.1. The average Bonchev–Trinajstić information content (AvgIpc) is 2.15. The average molecular weight is 232 g/mol. The fourth-order valence-electron chi connectivity index (χ4n) is 1.80. The van der Waals surface area contributed by atoms with Crippen LogP contribution in [0.2, 0.25) is 0 Å². The van der Waals surface area contributed by atoms with Crippen molar-refractivity contribution in [2.24, 2.45) is 0 Å². The molecule has 0 unspecified atom stereocenters. The quantitative estimate of drug-likeness (QED) is 0.664. The lowest BCUT2D eigenvalue weighted by atomic mass is 10.1. The van der Waals surface area contributed by atoms with Crippen LogP contribution in [0, 0.1) is 0 Å². The van der Waals surface area contributed by atoms with Gasteiger partial charge in [-0.2, -0.15) is 12.6 Å². The summed E-state index contributed by atoms with van der Waals surface area (Å²) in [6, 6.07) is 0. The molecule has 1 aliphatic rings. The Labute approximate surface area is 96.6 Å².